The van der Waals surface area contributed by atoms with Crippen LogP contribution in [0.25, 0.3) is 0 Å². The molecule has 0 saturated carbocycles. The summed E-state index contributed by atoms with van der Waals surface area (Å²) in [5.41, 5.74) is 6.69. The molecule has 2 N–H and O–H groups in total. The number of nitrogens with zero attached hydrogens (tertiary/aromatic N) is 2. The molecule has 0 fully saturated rings. The van der Waals surface area contributed by atoms with E-state index in [9.17, 15) is 8.42 Å². The van der Waals surface area contributed by atoms with Crippen molar-refractivity contribution in [1.29, 1.82) is 0 Å². The van der Waals surface area contributed by atoms with Crippen molar-refractivity contribution >= 4 is 27.3 Å². The number of halogens is 1. The van der Waals surface area contributed by atoms with Crippen molar-refractivity contribution in [3.05, 3.63) is 53.3 Å². The molecular weight excluding hydrogens is 298 g/mol. The molecule has 1 heterocycles. The van der Waals surface area contributed by atoms with Crippen molar-refractivity contribution in [3.63, 3.8) is 0 Å². The molecule has 0 unspecified atom stereocenters. The summed E-state index contributed by atoms with van der Waals surface area (Å²) in [4.78, 5) is 4.08. The van der Waals surface area contributed by atoms with Crippen LogP contribution in [0.4, 0.5) is 5.69 Å². The first-order valence-electron chi connectivity index (χ1n) is 5.81. The fraction of sp³-hybridized carbons (Fsp3) is 0.154. The van der Waals surface area contributed by atoms with Gasteiger partial charge in [0.15, 0.2) is 0 Å². The lowest BCUT2D eigenvalue weighted by atomic mass is 10.3. The van der Waals surface area contributed by atoms with Gasteiger partial charge in [-0.2, -0.15) is 4.31 Å². The standard InChI is InChI=1S/C13H14ClN3O2S/c1-17(9-10-3-2-6-16-8-10)20(18,19)11-4-5-12(14)13(15)7-11/h2-8H,9,15H2,1H3. The molecule has 0 radical (unpaired) electrons. The largest absolute Gasteiger partial charge is 0.397 e. The summed E-state index contributed by atoms with van der Waals surface area (Å²) in [7, 11) is -2.10. The number of nitrogen functional groups attached to an aromatic ring is 1. The van der Waals surface area contributed by atoms with E-state index in [1.54, 1.807) is 18.5 Å². The summed E-state index contributed by atoms with van der Waals surface area (Å²) in [6.07, 6.45) is 3.26. The van der Waals surface area contributed by atoms with Gasteiger partial charge in [0.05, 0.1) is 15.6 Å². The third kappa shape index (κ3) is 3.09. The number of hydrogen-bond donors (Lipinski definition) is 1. The molecular formula is C13H14ClN3O2S. The third-order valence-corrected chi connectivity index (χ3v) is 4.95. The van der Waals surface area contributed by atoms with E-state index in [0.29, 0.717) is 5.02 Å². The summed E-state index contributed by atoms with van der Waals surface area (Å²) < 4.78 is 26.1. The van der Waals surface area contributed by atoms with E-state index in [1.807, 2.05) is 6.07 Å². The summed E-state index contributed by atoms with van der Waals surface area (Å²) in [6.45, 7) is 0.235. The molecule has 7 heteroatoms. The Morgan fingerprint density at radius 3 is 2.70 bits per heavy atom. The highest BCUT2D eigenvalue weighted by atomic mass is 35.5. The number of benzene rings is 1. The Morgan fingerprint density at radius 1 is 1.35 bits per heavy atom. The van der Waals surface area contributed by atoms with Crippen LogP contribution in [-0.4, -0.2) is 24.8 Å². The Labute approximate surface area is 123 Å². The van der Waals surface area contributed by atoms with E-state index in [-0.39, 0.29) is 17.1 Å². The predicted octanol–water partition coefficient (Wildman–Crippen LogP) is 2.14. The second-order valence-electron chi connectivity index (χ2n) is 4.31. The highest BCUT2D eigenvalue weighted by Gasteiger charge is 2.21. The summed E-state index contributed by atoms with van der Waals surface area (Å²) in [5.74, 6) is 0. The lowest BCUT2D eigenvalue weighted by Crippen LogP contribution is -2.26. The lowest BCUT2D eigenvalue weighted by Gasteiger charge is -2.17. The van der Waals surface area contributed by atoms with Crippen molar-refractivity contribution in [3.8, 4) is 0 Å². The van der Waals surface area contributed by atoms with E-state index >= 15 is 0 Å². The predicted molar refractivity (Wildman–Crippen MR) is 78.8 cm³/mol. The van der Waals surface area contributed by atoms with Crippen molar-refractivity contribution in [1.82, 2.24) is 9.29 Å². The zero-order valence-electron chi connectivity index (χ0n) is 10.8. The Balaban J connectivity index is 2.27. The summed E-state index contributed by atoms with van der Waals surface area (Å²) in [6, 6.07) is 7.85. The van der Waals surface area contributed by atoms with Crippen LogP contribution in [0.2, 0.25) is 5.02 Å². The molecule has 5 nitrogen and oxygen atoms in total. The van der Waals surface area contributed by atoms with Crippen LogP contribution in [0.5, 0.6) is 0 Å². The maximum atomic E-state index is 12.4. The highest BCUT2D eigenvalue weighted by molar-refractivity contribution is 7.89. The van der Waals surface area contributed by atoms with Gasteiger partial charge in [0.1, 0.15) is 0 Å². The second-order valence-corrected chi connectivity index (χ2v) is 6.76. The summed E-state index contributed by atoms with van der Waals surface area (Å²) >= 11 is 5.80. The molecule has 0 bridgehead atoms. The van der Waals surface area contributed by atoms with Crippen LogP contribution >= 0.6 is 11.6 Å². The fourth-order valence-electron chi connectivity index (χ4n) is 1.70. The number of nitrogens with two attached hydrogens (primary N) is 1. The van der Waals surface area contributed by atoms with E-state index in [4.69, 9.17) is 17.3 Å². The number of rotatable bonds is 4. The average molecular weight is 312 g/mol. The van der Waals surface area contributed by atoms with Crippen molar-refractivity contribution in [2.75, 3.05) is 12.8 Å². The fourth-order valence-corrected chi connectivity index (χ4v) is 3.01. The smallest absolute Gasteiger partial charge is 0.243 e. The number of aromatic nitrogens is 1. The van der Waals surface area contributed by atoms with Gasteiger partial charge >= 0.3 is 0 Å². The van der Waals surface area contributed by atoms with Crippen molar-refractivity contribution in [2.45, 2.75) is 11.4 Å². The lowest BCUT2D eigenvalue weighted by molar-refractivity contribution is 0.466. The molecule has 1 aromatic heterocycles. The quantitative estimate of drug-likeness (QED) is 0.878. The van der Waals surface area contributed by atoms with E-state index < -0.39 is 10.0 Å². The topological polar surface area (TPSA) is 76.3 Å². The van der Waals surface area contributed by atoms with Crippen LogP contribution in [-0.2, 0) is 16.6 Å². The zero-order chi connectivity index (χ0) is 14.8. The van der Waals surface area contributed by atoms with Crippen molar-refractivity contribution in [2.24, 2.45) is 0 Å². The van der Waals surface area contributed by atoms with Crippen molar-refractivity contribution < 1.29 is 8.42 Å². The van der Waals surface area contributed by atoms with Gasteiger partial charge in [0, 0.05) is 26.0 Å². The van der Waals surface area contributed by atoms with E-state index in [1.165, 1.54) is 29.6 Å². The van der Waals surface area contributed by atoms with Gasteiger partial charge < -0.3 is 5.73 Å². The Morgan fingerprint density at radius 2 is 2.10 bits per heavy atom. The minimum Gasteiger partial charge on any atom is -0.397 e. The maximum Gasteiger partial charge on any atom is 0.243 e. The van der Waals surface area contributed by atoms with Gasteiger partial charge in [-0.05, 0) is 29.8 Å². The molecule has 0 aliphatic carbocycles. The first-order valence-corrected chi connectivity index (χ1v) is 7.63. The Bertz CT molecular complexity index is 705. The van der Waals surface area contributed by atoms with E-state index in [0.717, 1.165) is 5.56 Å². The van der Waals surface area contributed by atoms with Gasteiger partial charge in [0.2, 0.25) is 10.0 Å². The molecule has 20 heavy (non-hydrogen) atoms. The first-order chi connectivity index (χ1) is 9.41. The van der Waals surface area contributed by atoms with Gasteiger partial charge in [-0.15, -0.1) is 0 Å². The van der Waals surface area contributed by atoms with Gasteiger partial charge in [0.25, 0.3) is 0 Å². The molecule has 0 amide bonds. The molecule has 0 aliphatic rings. The first kappa shape index (κ1) is 14.8. The molecule has 0 saturated heterocycles. The minimum absolute atomic E-state index is 0.116. The molecule has 0 spiro atoms. The minimum atomic E-state index is -3.61. The maximum absolute atomic E-state index is 12.4. The monoisotopic (exact) mass is 311 g/mol. The van der Waals surface area contributed by atoms with Crippen LogP contribution in [0, 0.1) is 0 Å². The number of anilines is 1. The van der Waals surface area contributed by atoms with Crippen LogP contribution in [0.3, 0.4) is 0 Å². The molecule has 2 rings (SSSR count). The van der Waals surface area contributed by atoms with Gasteiger partial charge in [-0.3, -0.25) is 4.98 Å². The van der Waals surface area contributed by atoms with Crippen LogP contribution in [0.1, 0.15) is 5.56 Å². The average Bonchev–Trinajstić information content (AvgIpc) is 2.42. The molecule has 0 aliphatic heterocycles. The highest BCUT2D eigenvalue weighted by Crippen LogP contribution is 2.24. The van der Waals surface area contributed by atoms with E-state index in [2.05, 4.69) is 4.98 Å². The third-order valence-electron chi connectivity index (χ3n) is 2.80. The Hall–Kier alpha value is -1.63. The SMILES string of the molecule is CN(Cc1cccnc1)S(=O)(=O)c1ccc(Cl)c(N)c1. The summed E-state index contributed by atoms with van der Waals surface area (Å²) in [5, 5.41) is 0.332. The van der Waals surface area contributed by atoms with Crippen LogP contribution < -0.4 is 5.73 Å². The zero-order valence-corrected chi connectivity index (χ0v) is 12.4. The molecule has 2 aromatic rings. The molecule has 0 atom stereocenters. The number of sulfonamides is 1. The second kappa shape index (κ2) is 5.78. The van der Waals surface area contributed by atoms with Crippen LogP contribution in [0.15, 0.2) is 47.6 Å². The Kier molecular flexibility index (Phi) is 4.27. The molecule has 1 aromatic carbocycles. The normalized spacial score (nSPS) is 11.8. The number of pyridine rings is 1. The number of hydrogen-bond acceptors (Lipinski definition) is 4. The van der Waals surface area contributed by atoms with Gasteiger partial charge in [-0.1, -0.05) is 17.7 Å². The van der Waals surface area contributed by atoms with Gasteiger partial charge in [-0.25, -0.2) is 8.42 Å². The molecule has 106 valence electrons.